The van der Waals surface area contributed by atoms with Gasteiger partial charge in [0.15, 0.2) is 5.82 Å². The summed E-state index contributed by atoms with van der Waals surface area (Å²) in [5, 5.41) is 23.4. The van der Waals surface area contributed by atoms with Gasteiger partial charge in [-0.15, -0.1) is 0 Å². The molecular weight excluding hydrogens is 317 g/mol. The Kier molecular flexibility index (Phi) is 7.57. The molecule has 0 unspecified atom stereocenters. The zero-order chi connectivity index (χ0) is 18.1. The Hall–Kier alpha value is -2.74. The molecule has 0 fully saturated rings. The molecule has 8 heteroatoms. The van der Waals surface area contributed by atoms with Gasteiger partial charge in [0.25, 0.3) is 0 Å². The van der Waals surface area contributed by atoms with Crippen molar-refractivity contribution in [3.05, 3.63) is 41.9 Å². The van der Waals surface area contributed by atoms with E-state index in [1.54, 1.807) is 6.07 Å². The minimum atomic E-state index is -1.26. The summed E-state index contributed by atoms with van der Waals surface area (Å²) < 4.78 is 13.4. The highest BCUT2D eigenvalue weighted by molar-refractivity contribution is 5.89. The molecule has 0 aliphatic heterocycles. The van der Waals surface area contributed by atoms with Gasteiger partial charge in [0.2, 0.25) is 0 Å². The first-order valence-corrected chi connectivity index (χ1v) is 7.29. The number of halogens is 1. The van der Waals surface area contributed by atoms with E-state index in [-0.39, 0.29) is 5.82 Å². The summed E-state index contributed by atoms with van der Waals surface area (Å²) in [4.78, 5) is 21.3. The van der Waals surface area contributed by atoms with Crippen LogP contribution in [0.15, 0.2) is 30.4 Å². The zero-order valence-electron chi connectivity index (χ0n) is 13.5. The number of likely N-dealkylation sites (N-methyl/N-ethyl adjacent to an activating group) is 1. The number of rotatable bonds is 6. The number of aromatic amines is 1. The maximum absolute atomic E-state index is 13.4. The number of fused-ring (bicyclic) bond motifs is 1. The maximum atomic E-state index is 13.4. The summed E-state index contributed by atoms with van der Waals surface area (Å²) in [6.45, 7) is 4.08. The summed E-state index contributed by atoms with van der Waals surface area (Å²) in [6, 6.07) is 5.06. The van der Waals surface area contributed by atoms with E-state index in [1.165, 1.54) is 6.07 Å². The molecule has 0 atom stereocenters. The second kappa shape index (κ2) is 9.41. The Bertz CT molecular complexity index is 711. The van der Waals surface area contributed by atoms with Gasteiger partial charge in [0.1, 0.15) is 5.52 Å². The third-order valence-corrected chi connectivity index (χ3v) is 3.27. The highest BCUT2D eigenvalue weighted by Crippen LogP contribution is 2.18. The molecule has 130 valence electrons. The van der Waals surface area contributed by atoms with Crippen LogP contribution in [0.5, 0.6) is 0 Å². The molecule has 3 N–H and O–H groups in total. The topological polar surface area (TPSA) is 107 Å². The van der Waals surface area contributed by atoms with Crippen molar-refractivity contribution in [2.24, 2.45) is 0 Å². The van der Waals surface area contributed by atoms with E-state index in [1.807, 2.05) is 6.07 Å². The first-order chi connectivity index (χ1) is 11.3. The van der Waals surface area contributed by atoms with Gasteiger partial charge >= 0.3 is 11.9 Å². The molecule has 0 saturated carbocycles. The van der Waals surface area contributed by atoms with Gasteiger partial charge in [-0.2, -0.15) is 5.10 Å². The van der Waals surface area contributed by atoms with Crippen molar-refractivity contribution in [3.63, 3.8) is 0 Å². The van der Waals surface area contributed by atoms with Crippen LogP contribution in [0.2, 0.25) is 0 Å². The molecule has 2 rings (SSSR count). The number of nitrogens with zero attached hydrogens (tertiary/aromatic N) is 2. The van der Waals surface area contributed by atoms with E-state index in [0.717, 1.165) is 30.6 Å². The van der Waals surface area contributed by atoms with Crippen molar-refractivity contribution in [1.82, 2.24) is 15.1 Å². The number of nitrogens with one attached hydrogen (secondary N) is 1. The predicted octanol–water partition coefficient (Wildman–Crippen LogP) is 1.91. The van der Waals surface area contributed by atoms with Crippen molar-refractivity contribution in [1.29, 1.82) is 0 Å². The third kappa shape index (κ3) is 6.17. The average molecular weight is 337 g/mol. The van der Waals surface area contributed by atoms with Gasteiger partial charge in [-0.1, -0.05) is 19.1 Å². The molecule has 0 spiro atoms. The quantitative estimate of drug-likeness (QED) is 0.695. The van der Waals surface area contributed by atoms with Crippen LogP contribution in [0.1, 0.15) is 12.6 Å². The Morgan fingerprint density at radius 2 is 1.92 bits per heavy atom. The average Bonchev–Trinajstić information content (AvgIpc) is 2.96. The number of aliphatic carboxylic acids is 2. The number of aromatic nitrogens is 2. The van der Waals surface area contributed by atoms with E-state index in [9.17, 15) is 14.0 Å². The number of hydrogen-bond donors (Lipinski definition) is 3. The molecule has 0 radical (unpaired) electrons. The second-order valence-corrected chi connectivity index (χ2v) is 4.99. The van der Waals surface area contributed by atoms with E-state index in [2.05, 4.69) is 29.1 Å². The third-order valence-electron chi connectivity index (χ3n) is 3.27. The Morgan fingerprint density at radius 1 is 1.29 bits per heavy atom. The van der Waals surface area contributed by atoms with Gasteiger partial charge in [-0.25, -0.2) is 14.0 Å². The number of H-pyrrole nitrogens is 1. The summed E-state index contributed by atoms with van der Waals surface area (Å²) in [6.07, 6.45) is 1.98. The van der Waals surface area contributed by atoms with Crippen LogP contribution in [-0.4, -0.2) is 57.4 Å². The largest absolute Gasteiger partial charge is 0.478 e. The predicted molar refractivity (Wildman–Crippen MR) is 87.3 cm³/mol. The molecular formula is C16H20FN3O4. The van der Waals surface area contributed by atoms with Gasteiger partial charge in [0, 0.05) is 36.2 Å². The lowest BCUT2D eigenvalue weighted by molar-refractivity contribution is -0.134. The van der Waals surface area contributed by atoms with Gasteiger partial charge in [-0.3, -0.25) is 5.10 Å². The van der Waals surface area contributed by atoms with Crippen LogP contribution in [0.25, 0.3) is 10.9 Å². The number of carboxylic acid groups (broad SMARTS) is 2. The first kappa shape index (κ1) is 19.3. The number of benzene rings is 1. The molecule has 1 aromatic carbocycles. The molecule has 1 heterocycles. The van der Waals surface area contributed by atoms with Gasteiger partial charge in [-0.05, 0) is 19.7 Å². The number of para-hydroxylation sites is 1. The molecule has 0 amide bonds. The Labute approximate surface area is 138 Å². The van der Waals surface area contributed by atoms with E-state index in [4.69, 9.17) is 10.2 Å². The van der Waals surface area contributed by atoms with Crippen molar-refractivity contribution >= 4 is 22.8 Å². The van der Waals surface area contributed by atoms with Crippen molar-refractivity contribution in [2.75, 3.05) is 20.1 Å². The lowest BCUT2D eigenvalue weighted by atomic mass is 10.1. The molecule has 0 aliphatic carbocycles. The number of hydrogen-bond acceptors (Lipinski definition) is 4. The van der Waals surface area contributed by atoms with E-state index in [0.29, 0.717) is 17.7 Å². The monoisotopic (exact) mass is 337 g/mol. The fourth-order valence-corrected chi connectivity index (χ4v) is 1.85. The highest BCUT2D eigenvalue weighted by atomic mass is 19.1. The van der Waals surface area contributed by atoms with Crippen LogP contribution in [0.3, 0.4) is 0 Å². The molecule has 24 heavy (non-hydrogen) atoms. The van der Waals surface area contributed by atoms with Crippen LogP contribution in [-0.2, 0) is 16.0 Å². The highest BCUT2D eigenvalue weighted by Gasteiger charge is 2.08. The normalized spacial score (nSPS) is 10.8. The molecule has 2 aromatic rings. The van der Waals surface area contributed by atoms with Crippen LogP contribution in [0.4, 0.5) is 4.39 Å². The standard InChI is InChI=1S/C12H16FN3.C4H4O4/c1-3-16(2)8-7-11-9-5-4-6-10(13)12(9)15-14-11;5-3(6)1-2-4(7)8/h4-6H,3,7-8H2,1-2H3,(H,14,15);1-2H,(H,5,6)(H,7,8)/b;2-1+. The molecule has 0 aliphatic rings. The fourth-order valence-electron chi connectivity index (χ4n) is 1.85. The van der Waals surface area contributed by atoms with E-state index >= 15 is 0 Å². The lowest BCUT2D eigenvalue weighted by Crippen LogP contribution is -2.20. The fraction of sp³-hybridized carbons (Fsp3) is 0.312. The second-order valence-electron chi connectivity index (χ2n) is 4.99. The smallest absolute Gasteiger partial charge is 0.328 e. The SMILES string of the molecule is CCN(C)CCc1[nH]nc2c(F)cccc12.O=C(O)/C=C/C(=O)O. The van der Waals surface area contributed by atoms with Gasteiger partial charge in [0.05, 0.1) is 0 Å². The Balaban J connectivity index is 0.000000307. The van der Waals surface area contributed by atoms with Crippen LogP contribution in [0, 0.1) is 5.82 Å². The molecule has 1 aromatic heterocycles. The maximum Gasteiger partial charge on any atom is 0.328 e. The summed E-state index contributed by atoms with van der Waals surface area (Å²) in [5.41, 5.74) is 1.45. The summed E-state index contributed by atoms with van der Waals surface area (Å²) in [7, 11) is 2.07. The van der Waals surface area contributed by atoms with E-state index < -0.39 is 11.9 Å². The minimum Gasteiger partial charge on any atom is -0.478 e. The zero-order valence-corrected chi connectivity index (χ0v) is 13.5. The number of carboxylic acids is 2. The van der Waals surface area contributed by atoms with Gasteiger partial charge < -0.3 is 15.1 Å². The summed E-state index contributed by atoms with van der Waals surface area (Å²) >= 11 is 0. The van der Waals surface area contributed by atoms with Crippen molar-refractivity contribution in [3.8, 4) is 0 Å². The van der Waals surface area contributed by atoms with Crippen molar-refractivity contribution in [2.45, 2.75) is 13.3 Å². The molecule has 0 bridgehead atoms. The Morgan fingerprint density at radius 3 is 2.46 bits per heavy atom. The lowest BCUT2D eigenvalue weighted by Gasteiger charge is -2.12. The molecule has 0 saturated heterocycles. The molecule has 7 nitrogen and oxygen atoms in total. The van der Waals surface area contributed by atoms with Crippen LogP contribution >= 0.6 is 0 Å². The first-order valence-electron chi connectivity index (χ1n) is 7.29. The summed E-state index contributed by atoms with van der Waals surface area (Å²) in [5.74, 6) is -2.77. The minimum absolute atomic E-state index is 0.260. The van der Waals surface area contributed by atoms with Crippen molar-refractivity contribution < 1.29 is 24.2 Å². The number of carbonyl (C=O) groups is 2. The van der Waals surface area contributed by atoms with Crippen LogP contribution < -0.4 is 0 Å².